The minimum Gasteiger partial charge on any atom is -0.395 e. The Morgan fingerprint density at radius 3 is 2.65 bits per heavy atom. The Morgan fingerprint density at radius 2 is 2.10 bits per heavy atom. The third-order valence-corrected chi connectivity index (χ3v) is 5.69. The van der Waals surface area contributed by atoms with Gasteiger partial charge in [-0.15, -0.1) is 0 Å². The summed E-state index contributed by atoms with van der Waals surface area (Å²) in [7, 11) is -3.60. The lowest BCUT2D eigenvalue weighted by atomic mass is 9.95. The number of aromatic nitrogens is 2. The monoisotopic (exact) mass is 301 g/mol. The molecule has 1 saturated carbocycles. The zero-order valence-corrected chi connectivity index (χ0v) is 12.7. The van der Waals surface area contributed by atoms with E-state index in [0.717, 1.165) is 32.1 Å². The number of rotatable bonds is 6. The smallest absolute Gasteiger partial charge is 0.260 e. The Labute approximate surface area is 120 Å². The van der Waals surface area contributed by atoms with Gasteiger partial charge in [0.1, 0.15) is 5.82 Å². The summed E-state index contributed by atoms with van der Waals surface area (Å²) >= 11 is 0. The summed E-state index contributed by atoms with van der Waals surface area (Å²) in [6.45, 7) is 1.90. The first-order chi connectivity index (χ1) is 9.59. The predicted molar refractivity (Wildman–Crippen MR) is 75.8 cm³/mol. The average molecular weight is 301 g/mol. The summed E-state index contributed by atoms with van der Waals surface area (Å²) in [6.07, 6.45) is 7.03. The molecule has 1 aliphatic rings. The highest BCUT2D eigenvalue weighted by atomic mass is 32.2. The number of H-pyrrole nitrogens is 1. The zero-order valence-electron chi connectivity index (χ0n) is 11.9. The van der Waals surface area contributed by atoms with Gasteiger partial charge < -0.3 is 10.1 Å². The largest absolute Gasteiger partial charge is 0.395 e. The number of aromatic amines is 1. The summed E-state index contributed by atoms with van der Waals surface area (Å²) in [6, 6.07) is -0.00530. The molecule has 6 nitrogen and oxygen atoms in total. The Kier molecular flexibility index (Phi) is 5.17. The summed E-state index contributed by atoms with van der Waals surface area (Å²) < 4.78 is 26.8. The average Bonchev–Trinajstić information content (AvgIpc) is 2.95. The first kappa shape index (κ1) is 15.5. The maximum absolute atomic E-state index is 12.7. The van der Waals surface area contributed by atoms with Crippen molar-refractivity contribution in [3.05, 3.63) is 12.0 Å². The lowest BCUT2D eigenvalue weighted by Crippen LogP contribution is -2.43. The van der Waals surface area contributed by atoms with Crippen molar-refractivity contribution in [2.45, 2.75) is 56.5 Å². The van der Waals surface area contributed by atoms with Crippen LogP contribution in [0.2, 0.25) is 0 Å². The number of nitrogens with one attached hydrogen (secondary N) is 1. The van der Waals surface area contributed by atoms with Gasteiger partial charge in [0, 0.05) is 19.0 Å². The number of nitrogens with zero attached hydrogens (tertiary/aromatic N) is 2. The standard InChI is InChI=1S/C13H23N3O3S/c1-2-12-14-10-13(15-12)20(18,19)16(8-9-17)11-6-4-3-5-7-11/h10-11,17H,2-9H2,1H3,(H,14,15). The number of imidazole rings is 1. The second-order valence-electron chi connectivity index (χ2n) is 5.18. The molecule has 2 rings (SSSR count). The highest BCUT2D eigenvalue weighted by Crippen LogP contribution is 2.27. The quantitative estimate of drug-likeness (QED) is 0.829. The van der Waals surface area contributed by atoms with Gasteiger partial charge in [-0.3, -0.25) is 0 Å². The minimum absolute atomic E-state index is 0.00530. The van der Waals surface area contributed by atoms with Crippen LogP contribution in [-0.4, -0.2) is 47.0 Å². The van der Waals surface area contributed by atoms with E-state index in [9.17, 15) is 13.5 Å². The van der Waals surface area contributed by atoms with Crippen LogP contribution in [-0.2, 0) is 16.4 Å². The molecule has 0 saturated heterocycles. The Bertz CT molecular complexity index is 521. The Morgan fingerprint density at radius 1 is 1.40 bits per heavy atom. The van der Waals surface area contributed by atoms with Crippen LogP contribution in [0.4, 0.5) is 0 Å². The molecule has 0 radical (unpaired) electrons. The van der Waals surface area contributed by atoms with Gasteiger partial charge >= 0.3 is 0 Å². The maximum atomic E-state index is 12.7. The molecule has 1 heterocycles. The van der Waals surface area contributed by atoms with E-state index < -0.39 is 10.0 Å². The normalized spacial score (nSPS) is 17.8. The molecule has 1 aromatic heterocycles. The first-order valence-corrected chi connectivity index (χ1v) is 8.70. The molecule has 0 unspecified atom stereocenters. The Hall–Kier alpha value is -0.920. The van der Waals surface area contributed by atoms with Crippen molar-refractivity contribution >= 4 is 10.0 Å². The SMILES string of the molecule is CCc1ncc(S(=O)(=O)N(CCO)C2CCCCC2)[nH]1. The van der Waals surface area contributed by atoms with Gasteiger partial charge in [0.25, 0.3) is 10.0 Å². The number of aryl methyl sites for hydroxylation is 1. The van der Waals surface area contributed by atoms with Crippen LogP contribution in [0.1, 0.15) is 44.9 Å². The predicted octanol–water partition coefficient (Wildman–Crippen LogP) is 1.29. The molecule has 1 aliphatic carbocycles. The summed E-state index contributed by atoms with van der Waals surface area (Å²) in [5, 5.41) is 9.33. The second kappa shape index (κ2) is 6.69. The molecule has 20 heavy (non-hydrogen) atoms. The van der Waals surface area contributed by atoms with Crippen molar-refractivity contribution in [1.82, 2.24) is 14.3 Å². The van der Waals surface area contributed by atoms with E-state index in [0.29, 0.717) is 12.2 Å². The topological polar surface area (TPSA) is 86.3 Å². The van der Waals surface area contributed by atoms with E-state index >= 15 is 0 Å². The summed E-state index contributed by atoms with van der Waals surface area (Å²) in [4.78, 5) is 6.92. The fraction of sp³-hybridized carbons (Fsp3) is 0.769. The third kappa shape index (κ3) is 3.21. The van der Waals surface area contributed by atoms with Gasteiger partial charge in [0.05, 0.1) is 12.8 Å². The van der Waals surface area contributed by atoms with Crippen LogP contribution in [0.15, 0.2) is 11.2 Å². The van der Waals surface area contributed by atoms with Gasteiger partial charge in [0.15, 0.2) is 5.03 Å². The molecule has 0 spiro atoms. The van der Waals surface area contributed by atoms with E-state index in [1.54, 1.807) is 0 Å². The molecular weight excluding hydrogens is 278 g/mol. The van der Waals surface area contributed by atoms with Crippen molar-refractivity contribution in [3.63, 3.8) is 0 Å². The van der Waals surface area contributed by atoms with Crippen molar-refractivity contribution in [3.8, 4) is 0 Å². The molecule has 114 valence electrons. The van der Waals surface area contributed by atoms with Crippen molar-refractivity contribution in [1.29, 1.82) is 0 Å². The lowest BCUT2D eigenvalue weighted by Gasteiger charge is -2.32. The second-order valence-corrected chi connectivity index (χ2v) is 7.04. The number of hydrogen-bond donors (Lipinski definition) is 2. The molecule has 7 heteroatoms. The van der Waals surface area contributed by atoms with Gasteiger partial charge in [0.2, 0.25) is 0 Å². The maximum Gasteiger partial charge on any atom is 0.260 e. The minimum atomic E-state index is -3.60. The molecule has 0 bridgehead atoms. The highest BCUT2D eigenvalue weighted by Gasteiger charge is 2.33. The van der Waals surface area contributed by atoms with E-state index in [-0.39, 0.29) is 24.2 Å². The van der Waals surface area contributed by atoms with Crippen LogP contribution in [0.3, 0.4) is 0 Å². The molecule has 1 aromatic rings. The van der Waals surface area contributed by atoms with E-state index in [1.807, 2.05) is 6.92 Å². The van der Waals surface area contributed by atoms with Crippen molar-refractivity contribution in [2.75, 3.05) is 13.2 Å². The third-order valence-electron chi connectivity index (χ3n) is 3.83. The fourth-order valence-corrected chi connectivity index (χ4v) is 4.36. The molecule has 0 atom stereocenters. The lowest BCUT2D eigenvalue weighted by molar-refractivity contribution is 0.199. The highest BCUT2D eigenvalue weighted by molar-refractivity contribution is 7.89. The van der Waals surface area contributed by atoms with Gasteiger partial charge in [-0.2, -0.15) is 4.31 Å². The van der Waals surface area contributed by atoms with E-state index in [1.165, 1.54) is 10.5 Å². The first-order valence-electron chi connectivity index (χ1n) is 7.26. The van der Waals surface area contributed by atoms with Gasteiger partial charge in [-0.25, -0.2) is 13.4 Å². The molecular formula is C13H23N3O3S. The van der Waals surface area contributed by atoms with E-state index in [4.69, 9.17) is 0 Å². The number of aliphatic hydroxyl groups is 1. The summed E-state index contributed by atoms with van der Waals surface area (Å²) in [5.74, 6) is 0.663. The fourth-order valence-electron chi connectivity index (χ4n) is 2.75. The molecule has 0 amide bonds. The van der Waals surface area contributed by atoms with Gasteiger partial charge in [-0.05, 0) is 12.8 Å². The zero-order chi connectivity index (χ0) is 14.6. The summed E-state index contributed by atoms with van der Waals surface area (Å²) in [5.41, 5.74) is 0. The number of sulfonamides is 1. The molecule has 0 aromatic carbocycles. The molecule has 0 aliphatic heterocycles. The van der Waals surface area contributed by atoms with Crippen molar-refractivity contribution in [2.24, 2.45) is 0 Å². The Balaban J connectivity index is 2.26. The number of hydrogen-bond acceptors (Lipinski definition) is 4. The van der Waals surface area contributed by atoms with Crippen LogP contribution >= 0.6 is 0 Å². The number of aliphatic hydroxyl groups excluding tert-OH is 1. The molecule has 1 fully saturated rings. The van der Waals surface area contributed by atoms with Crippen LogP contribution in [0.25, 0.3) is 0 Å². The van der Waals surface area contributed by atoms with Crippen LogP contribution < -0.4 is 0 Å². The van der Waals surface area contributed by atoms with Crippen LogP contribution in [0, 0.1) is 0 Å². The van der Waals surface area contributed by atoms with Gasteiger partial charge in [-0.1, -0.05) is 26.2 Å². The van der Waals surface area contributed by atoms with Crippen LogP contribution in [0.5, 0.6) is 0 Å². The van der Waals surface area contributed by atoms with E-state index in [2.05, 4.69) is 9.97 Å². The van der Waals surface area contributed by atoms with Crippen molar-refractivity contribution < 1.29 is 13.5 Å². The molecule has 2 N–H and O–H groups in total.